The van der Waals surface area contributed by atoms with E-state index < -0.39 is 17.9 Å². The van der Waals surface area contributed by atoms with Gasteiger partial charge in [-0.05, 0) is 96.4 Å². The van der Waals surface area contributed by atoms with Gasteiger partial charge in [-0.1, -0.05) is 18.2 Å². The van der Waals surface area contributed by atoms with Crippen molar-refractivity contribution in [3.8, 4) is 11.5 Å². The van der Waals surface area contributed by atoms with E-state index in [1.807, 2.05) is 25.1 Å². The van der Waals surface area contributed by atoms with Crippen LogP contribution in [0.2, 0.25) is 0 Å². The summed E-state index contributed by atoms with van der Waals surface area (Å²) in [6, 6.07) is 10.4. The van der Waals surface area contributed by atoms with Crippen LogP contribution in [0.5, 0.6) is 11.5 Å². The first kappa shape index (κ1) is 29.1. The minimum atomic E-state index is -0.606. The number of halogens is 2. The summed E-state index contributed by atoms with van der Waals surface area (Å²) in [4.78, 5) is 25.2. The van der Waals surface area contributed by atoms with Gasteiger partial charge in [-0.3, -0.25) is 4.79 Å². The molecule has 3 N–H and O–H groups in total. The first-order valence-electron chi connectivity index (χ1n) is 11.4. The van der Waals surface area contributed by atoms with E-state index in [1.165, 1.54) is 0 Å². The Balaban J connectivity index is 1.73. The number of carbonyl (C=O) groups is 2. The van der Waals surface area contributed by atoms with Crippen LogP contribution >= 0.6 is 57.4 Å². The summed E-state index contributed by atoms with van der Waals surface area (Å²) in [5.74, 6) is 0.213. The quantitative estimate of drug-likeness (QED) is 0.109. The molecule has 0 fully saturated rings. The molecule has 1 aliphatic heterocycles. The van der Waals surface area contributed by atoms with E-state index in [0.717, 1.165) is 12.7 Å². The van der Waals surface area contributed by atoms with E-state index in [-0.39, 0.29) is 13.2 Å². The van der Waals surface area contributed by atoms with Crippen molar-refractivity contribution >= 4 is 80.6 Å². The molecule has 0 unspecified atom stereocenters. The Bertz CT molecular complexity index is 1250. The number of nitrogens with one attached hydrogen (secondary N) is 3. The zero-order chi connectivity index (χ0) is 26.9. The molecule has 12 heteroatoms. The molecule has 1 aliphatic rings. The lowest BCUT2D eigenvalue weighted by Gasteiger charge is -2.30. The highest BCUT2D eigenvalue weighted by molar-refractivity contribution is 14.1. The summed E-state index contributed by atoms with van der Waals surface area (Å²) in [7, 11) is 0. The molecule has 0 saturated carbocycles. The lowest BCUT2D eigenvalue weighted by atomic mass is 9.95. The number of carbonyl (C=O) groups excluding carboxylic acids is 2. The monoisotopic (exact) mass is 748 g/mol. The van der Waals surface area contributed by atoms with Gasteiger partial charge >= 0.3 is 5.97 Å². The largest absolute Gasteiger partial charge is 0.492 e. The van der Waals surface area contributed by atoms with Crippen molar-refractivity contribution in [3.63, 3.8) is 0 Å². The molecule has 2 aromatic rings. The molecule has 0 aliphatic carbocycles. The number of ether oxygens (including phenoxy) is 3. The maximum absolute atomic E-state index is 12.7. The molecule has 0 saturated heterocycles. The average Bonchev–Trinajstić information content (AvgIpc) is 2.84. The van der Waals surface area contributed by atoms with Crippen molar-refractivity contribution in [1.82, 2.24) is 16.1 Å². The number of benzene rings is 2. The van der Waals surface area contributed by atoms with Gasteiger partial charge in [-0.25, -0.2) is 10.2 Å². The standard InChI is InChI=1S/C25H26I2N4O5S/c1-4-34-23-15(10-16(26)11-18(23)27)12-28-31-20(32)13-36-19-9-7-6-8-17(19)22-21(24(33)35-5-2)14(3)29-25(37)30-22/h6-12,22H,4-5,13H2,1-3H3,(H,31,32)(H2,29,30,37)/t22-/m0/s1. The second-order valence-corrected chi connectivity index (χ2v) is 10.5. The molecule has 9 nitrogen and oxygen atoms in total. The van der Waals surface area contributed by atoms with Crippen LogP contribution in [-0.2, 0) is 14.3 Å². The van der Waals surface area contributed by atoms with E-state index in [9.17, 15) is 9.59 Å². The van der Waals surface area contributed by atoms with Crippen molar-refractivity contribution in [1.29, 1.82) is 0 Å². The lowest BCUT2D eigenvalue weighted by Crippen LogP contribution is -2.45. The molecule has 1 heterocycles. The van der Waals surface area contributed by atoms with Crippen LogP contribution in [0.3, 0.4) is 0 Å². The number of hydrogen-bond donors (Lipinski definition) is 3. The van der Waals surface area contributed by atoms with Gasteiger partial charge < -0.3 is 24.8 Å². The van der Waals surface area contributed by atoms with Crippen molar-refractivity contribution < 1.29 is 23.8 Å². The highest BCUT2D eigenvalue weighted by Crippen LogP contribution is 2.33. The molecular weight excluding hydrogens is 722 g/mol. The number of amides is 1. The summed E-state index contributed by atoms with van der Waals surface area (Å²) >= 11 is 9.73. The summed E-state index contributed by atoms with van der Waals surface area (Å²) in [6.45, 7) is 5.87. The lowest BCUT2D eigenvalue weighted by molar-refractivity contribution is -0.139. The van der Waals surface area contributed by atoms with Gasteiger partial charge in [0.25, 0.3) is 5.91 Å². The third-order valence-electron chi connectivity index (χ3n) is 5.07. The fourth-order valence-electron chi connectivity index (χ4n) is 3.58. The van der Waals surface area contributed by atoms with Crippen molar-refractivity contribution in [2.24, 2.45) is 5.10 Å². The smallest absolute Gasteiger partial charge is 0.338 e. The molecule has 0 bridgehead atoms. The summed E-state index contributed by atoms with van der Waals surface area (Å²) in [6.07, 6.45) is 1.54. The Morgan fingerprint density at radius 1 is 1.16 bits per heavy atom. The third-order valence-corrected chi connectivity index (χ3v) is 6.72. The van der Waals surface area contributed by atoms with Crippen LogP contribution < -0.4 is 25.5 Å². The predicted octanol–water partition coefficient (Wildman–Crippen LogP) is 4.18. The first-order valence-corrected chi connectivity index (χ1v) is 13.9. The third kappa shape index (κ3) is 7.77. The van der Waals surface area contributed by atoms with Crippen LogP contribution in [0.25, 0.3) is 0 Å². The molecule has 0 radical (unpaired) electrons. The zero-order valence-corrected chi connectivity index (χ0v) is 25.5. The number of hydrogen-bond acceptors (Lipinski definition) is 7. The number of thiocarbonyl (C=S) groups is 1. The Kier molecular flexibility index (Phi) is 10.9. The van der Waals surface area contributed by atoms with E-state index in [4.69, 9.17) is 26.4 Å². The first-order chi connectivity index (χ1) is 17.7. The maximum atomic E-state index is 12.7. The van der Waals surface area contributed by atoms with E-state index in [2.05, 4.69) is 66.3 Å². The highest BCUT2D eigenvalue weighted by Gasteiger charge is 2.32. The molecule has 0 spiro atoms. The van der Waals surface area contributed by atoms with Crippen LogP contribution in [-0.4, -0.2) is 43.0 Å². The van der Waals surface area contributed by atoms with Gasteiger partial charge in [0.2, 0.25) is 0 Å². The van der Waals surface area contributed by atoms with Gasteiger partial charge in [0, 0.05) is 20.4 Å². The van der Waals surface area contributed by atoms with Crippen molar-refractivity contribution in [2.75, 3.05) is 19.8 Å². The fourth-order valence-corrected chi connectivity index (χ4v) is 5.90. The van der Waals surface area contributed by atoms with E-state index >= 15 is 0 Å². The van der Waals surface area contributed by atoms with Crippen LogP contribution in [0.15, 0.2) is 52.8 Å². The molecule has 1 amide bonds. The molecule has 3 rings (SSSR count). The van der Waals surface area contributed by atoms with Gasteiger partial charge in [0.15, 0.2) is 11.7 Å². The Hall–Kier alpha value is -2.46. The summed E-state index contributed by atoms with van der Waals surface area (Å²) in [5.41, 5.74) is 4.85. The van der Waals surface area contributed by atoms with Crippen molar-refractivity contribution in [2.45, 2.75) is 26.8 Å². The minimum Gasteiger partial charge on any atom is -0.492 e. The number of nitrogens with zero attached hydrogens (tertiary/aromatic N) is 1. The van der Waals surface area contributed by atoms with Crippen LogP contribution in [0.1, 0.15) is 37.9 Å². The number of para-hydroxylation sites is 1. The second-order valence-electron chi connectivity index (χ2n) is 7.65. The molecule has 196 valence electrons. The van der Waals surface area contributed by atoms with Crippen LogP contribution in [0.4, 0.5) is 0 Å². The van der Waals surface area contributed by atoms with Gasteiger partial charge in [-0.2, -0.15) is 5.10 Å². The Labute approximate surface area is 248 Å². The molecule has 37 heavy (non-hydrogen) atoms. The molecular formula is C25H26I2N4O5S. The normalized spacial score (nSPS) is 15.2. The number of esters is 1. The Morgan fingerprint density at radius 3 is 2.65 bits per heavy atom. The molecule has 0 aromatic heterocycles. The van der Waals surface area contributed by atoms with E-state index in [0.29, 0.717) is 40.1 Å². The number of rotatable bonds is 10. The van der Waals surface area contributed by atoms with Crippen molar-refractivity contribution in [3.05, 3.63) is 65.9 Å². The fraction of sp³-hybridized carbons (Fsp3) is 0.280. The molecule has 1 atom stereocenters. The Morgan fingerprint density at radius 2 is 1.92 bits per heavy atom. The second kappa shape index (κ2) is 13.9. The average molecular weight is 748 g/mol. The predicted molar refractivity (Wildman–Crippen MR) is 162 cm³/mol. The zero-order valence-electron chi connectivity index (χ0n) is 20.4. The van der Waals surface area contributed by atoms with Gasteiger partial charge in [0.1, 0.15) is 11.5 Å². The topological polar surface area (TPSA) is 110 Å². The SMILES string of the molecule is CCOC(=O)C1=C(C)NC(=S)N[C@H]1c1ccccc1OCC(=O)NN=Cc1cc(I)cc(I)c1OCC. The minimum absolute atomic E-state index is 0.235. The summed E-state index contributed by atoms with van der Waals surface area (Å²) in [5, 5.41) is 10.5. The molecule has 2 aromatic carbocycles. The number of allylic oxidation sites excluding steroid dienone is 1. The van der Waals surface area contributed by atoms with Gasteiger partial charge in [-0.15, -0.1) is 0 Å². The highest BCUT2D eigenvalue weighted by atomic mass is 127. The number of hydrazone groups is 1. The summed E-state index contributed by atoms with van der Waals surface area (Å²) < 4.78 is 18.8. The van der Waals surface area contributed by atoms with Gasteiger partial charge in [0.05, 0.1) is 34.6 Å². The van der Waals surface area contributed by atoms with E-state index in [1.54, 1.807) is 38.3 Å². The maximum Gasteiger partial charge on any atom is 0.338 e. The van der Waals surface area contributed by atoms with Crippen LogP contribution in [0, 0.1) is 7.14 Å².